The molecule has 0 saturated heterocycles. The summed E-state index contributed by atoms with van der Waals surface area (Å²) in [6.07, 6.45) is 0. The number of benzene rings is 2. The van der Waals surface area contributed by atoms with Gasteiger partial charge in [0.2, 0.25) is 0 Å². The van der Waals surface area contributed by atoms with Gasteiger partial charge in [-0.3, -0.25) is 4.79 Å². The van der Waals surface area contributed by atoms with Crippen LogP contribution in [0.2, 0.25) is 5.02 Å². The Kier molecular flexibility index (Phi) is 4.36. The van der Waals surface area contributed by atoms with Gasteiger partial charge in [0.25, 0.3) is 5.56 Å². The second kappa shape index (κ2) is 6.45. The van der Waals surface area contributed by atoms with E-state index in [1.807, 2.05) is 13.0 Å². The van der Waals surface area contributed by atoms with Gasteiger partial charge in [0.1, 0.15) is 5.75 Å². The number of carbonyl (C=O) groups is 1. The molecule has 0 aliphatic carbocycles. The highest BCUT2D eigenvalue weighted by atomic mass is 35.5. The van der Waals surface area contributed by atoms with Crippen molar-refractivity contribution in [1.29, 1.82) is 0 Å². The Morgan fingerprint density at radius 1 is 1.21 bits per heavy atom. The average molecular weight is 343 g/mol. The first kappa shape index (κ1) is 16.2. The molecule has 6 heteroatoms. The molecule has 1 heterocycles. The molecule has 0 spiro atoms. The summed E-state index contributed by atoms with van der Waals surface area (Å²) in [7, 11) is 0. The zero-order valence-electron chi connectivity index (χ0n) is 13.2. The number of fused-ring (bicyclic) bond motifs is 1. The monoisotopic (exact) mass is 342 g/mol. The van der Waals surface area contributed by atoms with Crippen molar-refractivity contribution in [3.63, 3.8) is 0 Å². The summed E-state index contributed by atoms with van der Waals surface area (Å²) >= 11 is 6.08. The number of nitrogens with zero attached hydrogens (tertiary/aromatic N) is 2. The van der Waals surface area contributed by atoms with Crippen molar-refractivity contribution in [2.75, 3.05) is 0 Å². The van der Waals surface area contributed by atoms with Crippen molar-refractivity contribution in [3.05, 3.63) is 69.1 Å². The van der Waals surface area contributed by atoms with Gasteiger partial charge < -0.3 is 4.74 Å². The van der Waals surface area contributed by atoms with Crippen molar-refractivity contribution in [3.8, 4) is 5.75 Å². The molecule has 1 aromatic heterocycles. The molecule has 0 amide bonds. The van der Waals surface area contributed by atoms with E-state index in [9.17, 15) is 9.59 Å². The molecule has 3 rings (SSSR count). The van der Waals surface area contributed by atoms with Crippen LogP contribution in [0.1, 0.15) is 23.0 Å². The van der Waals surface area contributed by atoms with E-state index in [2.05, 4.69) is 5.10 Å². The van der Waals surface area contributed by atoms with Gasteiger partial charge in [-0.05, 0) is 37.6 Å². The van der Waals surface area contributed by atoms with Crippen molar-refractivity contribution in [2.45, 2.75) is 20.4 Å². The third kappa shape index (κ3) is 2.90. The number of esters is 1. The maximum Gasteiger partial charge on any atom is 0.364 e. The van der Waals surface area contributed by atoms with Crippen LogP contribution in [0.25, 0.3) is 10.8 Å². The smallest absolute Gasteiger partial charge is 0.364 e. The molecule has 5 nitrogen and oxygen atoms in total. The van der Waals surface area contributed by atoms with Gasteiger partial charge in [-0.2, -0.15) is 5.10 Å². The second-order valence-electron chi connectivity index (χ2n) is 5.34. The minimum Gasteiger partial charge on any atom is -0.420 e. The molecule has 0 saturated carbocycles. The van der Waals surface area contributed by atoms with Gasteiger partial charge in [-0.15, -0.1) is 0 Å². The lowest BCUT2D eigenvalue weighted by Gasteiger charge is -2.10. The summed E-state index contributed by atoms with van der Waals surface area (Å²) < 4.78 is 6.66. The Hall–Kier alpha value is -2.66. The number of halogens is 1. The van der Waals surface area contributed by atoms with E-state index in [-0.39, 0.29) is 17.0 Å². The Balaban J connectivity index is 2.11. The number of aromatic nitrogens is 2. The van der Waals surface area contributed by atoms with Crippen LogP contribution in [-0.4, -0.2) is 15.7 Å². The van der Waals surface area contributed by atoms with E-state index in [1.54, 1.807) is 43.3 Å². The maximum absolute atomic E-state index is 12.6. The van der Waals surface area contributed by atoms with Crippen LogP contribution in [-0.2, 0) is 6.54 Å². The summed E-state index contributed by atoms with van der Waals surface area (Å²) in [5.74, 6) is -0.386. The normalized spacial score (nSPS) is 10.8. The fourth-order valence-corrected chi connectivity index (χ4v) is 2.59. The fourth-order valence-electron chi connectivity index (χ4n) is 2.44. The summed E-state index contributed by atoms with van der Waals surface area (Å²) in [6, 6.07) is 12.0. The Morgan fingerprint density at radius 3 is 2.62 bits per heavy atom. The first-order valence-corrected chi connectivity index (χ1v) is 7.87. The van der Waals surface area contributed by atoms with Gasteiger partial charge in [-0.1, -0.05) is 35.9 Å². The number of aryl methyl sites for hydroxylation is 2. The van der Waals surface area contributed by atoms with E-state index in [0.717, 1.165) is 5.56 Å². The molecule has 0 atom stereocenters. The van der Waals surface area contributed by atoms with E-state index in [1.165, 1.54) is 4.68 Å². The predicted octanol–water partition coefficient (Wildman–Crippen LogP) is 3.60. The van der Waals surface area contributed by atoms with E-state index in [0.29, 0.717) is 22.3 Å². The SMILES string of the molecule is CCn1nc(C(=O)Oc2cc(C)ccc2Cl)c2ccccc2c1=O. The number of ether oxygens (including phenoxy) is 1. The van der Waals surface area contributed by atoms with E-state index < -0.39 is 5.97 Å². The fraction of sp³-hybridized carbons (Fsp3) is 0.167. The van der Waals surface area contributed by atoms with Gasteiger partial charge in [0.15, 0.2) is 5.69 Å². The Labute approximate surface area is 143 Å². The molecule has 0 unspecified atom stereocenters. The highest BCUT2D eigenvalue weighted by molar-refractivity contribution is 6.32. The van der Waals surface area contributed by atoms with Crippen LogP contribution in [0.4, 0.5) is 0 Å². The van der Waals surface area contributed by atoms with Gasteiger partial charge in [0, 0.05) is 11.9 Å². The predicted molar refractivity (Wildman–Crippen MR) is 92.8 cm³/mol. The molecule has 24 heavy (non-hydrogen) atoms. The highest BCUT2D eigenvalue weighted by Crippen LogP contribution is 2.26. The zero-order valence-corrected chi connectivity index (χ0v) is 14.0. The van der Waals surface area contributed by atoms with Crippen LogP contribution in [0, 0.1) is 6.92 Å². The first-order valence-electron chi connectivity index (χ1n) is 7.49. The van der Waals surface area contributed by atoms with Crippen LogP contribution in [0.5, 0.6) is 5.75 Å². The number of carbonyl (C=O) groups excluding carboxylic acids is 1. The quantitative estimate of drug-likeness (QED) is 0.539. The lowest BCUT2D eigenvalue weighted by molar-refractivity contribution is 0.0728. The average Bonchev–Trinajstić information content (AvgIpc) is 2.58. The maximum atomic E-state index is 12.6. The van der Waals surface area contributed by atoms with Crippen LogP contribution < -0.4 is 10.3 Å². The Bertz CT molecular complexity index is 995. The topological polar surface area (TPSA) is 61.2 Å². The number of hydrogen-bond donors (Lipinski definition) is 0. The van der Waals surface area contributed by atoms with E-state index >= 15 is 0 Å². The summed E-state index contributed by atoms with van der Waals surface area (Å²) in [6.45, 7) is 4.02. The second-order valence-corrected chi connectivity index (χ2v) is 5.75. The van der Waals surface area contributed by atoms with E-state index in [4.69, 9.17) is 16.3 Å². The first-order chi connectivity index (χ1) is 11.5. The molecule has 0 aliphatic rings. The standard InChI is InChI=1S/C18H15ClN2O3/c1-3-21-17(22)13-7-5-4-6-12(13)16(20-21)18(23)24-15-10-11(2)8-9-14(15)19/h4-10H,3H2,1-2H3. The molecule has 0 aliphatic heterocycles. The Morgan fingerprint density at radius 2 is 1.92 bits per heavy atom. The highest BCUT2D eigenvalue weighted by Gasteiger charge is 2.19. The third-order valence-corrected chi connectivity index (χ3v) is 3.96. The van der Waals surface area contributed by atoms with Crippen molar-refractivity contribution in [2.24, 2.45) is 0 Å². The minimum absolute atomic E-state index is 0.0876. The summed E-state index contributed by atoms with van der Waals surface area (Å²) in [4.78, 5) is 24.9. The summed E-state index contributed by atoms with van der Waals surface area (Å²) in [5, 5.41) is 5.38. The summed E-state index contributed by atoms with van der Waals surface area (Å²) in [5.41, 5.74) is 0.765. The van der Waals surface area contributed by atoms with Crippen LogP contribution in [0.3, 0.4) is 0 Å². The van der Waals surface area contributed by atoms with Gasteiger partial charge in [0.05, 0.1) is 10.4 Å². The third-order valence-electron chi connectivity index (χ3n) is 3.65. The lowest BCUT2D eigenvalue weighted by Crippen LogP contribution is -2.26. The largest absolute Gasteiger partial charge is 0.420 e. The molecule has 122 valence electrons. The lowest BCUT2D eigenvalue weighted by atomic mass is 10.1. The van der Waals surface area contributed by atoms with Crippen LogP contribution in [0.15, 0.2) is 47.3 Å². The number of rotatable bonds is 3. The molecule has 0 fully saturated rings. The molecule has 3 aromatic rings. The molecular weight excluding hydrogens is 328 g/mol. The molecule has 0 radical (unpaired) electrons. The van der Waals surface area contributed by atoms with Crippen molar-refractivity contribution >= 4 is 28.3 Å². The molecule has 0 bridgehead atoms. The number of hydrogen-bond acceptors (Lipinski definition) is 4. The van der Waals surface area contributed by atoms with Crippen LogP contribution >= 0.6 is 11.6 Å². The molecular formula is C18H15ClN2O3. The zero-order chi connectivity index (χ0) is 17.3. The van der Waals surface area contributed by atoms with Gasteiger partial charge in [-0.25, -0.2) is 9.48 Å². The minimum atomic E-state index is -0.652. The molecule has 2 aromatic carbocycles. The molecule has 0 N–H and O–H groups in total. The van der Waals surface area contributed by atoms with Gasteiger partial charge >= 0.3 is 5.97 Å². The van der Waals surface area contributed by atoms with Crippen molar-refractivity contribution in [1.82, 2.24) is 9.78 Å². The van der Waals surface area contributed by atoms with Crippen molar-refractivity contribution < 1.29 is 9.53 Å².